The molecule has 0 unspecified atom stereocenters. The molecule has 0 saturated carbocycles. The predicted octanol–water partition coefficient (Wildman–Crippen LogP) is 2.17. The van der Waals surface area contributed by atoms with Gasteiger partial charge < -0.3 is 15.2 Å². The molecule has 0 aliphatic carbocycles. The lowest BCUT2D eigenvalue weighted by Crippen LogP contribution is -2.11. The van der Waals surface area contributed by atoms with Crippen molar-refractivity contribution in [2.45, 2.75) is 0 Å². The first kappa shape index (κ1) is 12.4. The second-order valence-electron chi connectivity index (χ2n) is 3.39. The van der Waals surface area contributed by atoms with Gasteiger partial charge in [-0.1, -0.05) is 29.8 Å². The van der Waals surface area contributed by atoms with E-state index in [1.54, 1.807) is 0 Å². The van der Waals surface area contributed by atoms with Crippen molar-refractivity contribution >= 4 is 17.3 Å². The minimum Gasteiger partial charge on any atom is -0.490 e. The standard InChI is InChI=1S/C12H12ClN3O2/c13-11-10(14)12(16-8-15-11)18-7-6-17-9-4-2-1-3-5-9/h1-5,8H,6-7,14H2. The highest BCUT2D eigenvalue weighted by Crippen LogP contribution is 2.23. The molecule has 0 aliphatic heterocycles. The van der Waals surface area contributed by atoms with Crippen LogP contribution in [0.25, 0.3) is 0 Å². The van der Waals surface area contributed by atoms with E-state index < -0.39 is 0 Å². The van der Waals surface area contributed by atoms with Gasteiger partial charge >= 0.3 is 0 Å². The molecule has 1 heterocycles. The number of halogens is 1. The summed E-state index contributed by atoms with van der Waals surface area (Å²) >= 11 is 5.74. The summed E-state index contributed by atoms with van der Waals surface area (Å²) in [6.07, 6.45) is 1.30. The molecular formula is C12H12ClN3O2. The molecule has 94 valence electrons. The molecule has 2 aromatic rings. The van der Waals surface area contributed by atoms with E-state index >= 15 is 0 Å². The van der Waals surface area contributed by atoms with Crippen LogP contribution in [0.3, 0.4) is 0 Å². The maximum atomic E-state index is 5.74. The molecule has 2 rings (SSSR count). The summed E-state index contributed by atoms with van der Waals surface area (Å²) in [6, 6.07) is 9.47. The second-order valence-corrected chi connectivity index (χ2v) is 3.75. The molecule has 0 atom stereocenters. The number of nitrogens with two attached hydrogens (primary N) is 1. The summed E-state index contributed by atoms with van der Waals surface area (Å²) in [5.74, 6) is 1.06. The van der Waals surface area contributed by atoms with E-state index in [-0.39, 0.29) is 16.7 Å². The van der Waals surface area contributed by atoms with E-state index in [0.29, 0.717) is 13.2 Å². The first-order valence-electron chi connectivity index (χ1n) is 5.34. The zero-order valence-corrected chi connectivity index (χ0v) is 10.3. The van der Waals surface area contributed by atoms with Crippen LogP contribution >= 0.6 is 11.6 Å². The average molecular weight is 266 g/mol. The molecule has 0 amide bonds. The summed E-state index contributed by atoms with van der Waals surface area (Å²) in [5.41, 5.74) is 5.89. The van der Waals surface area contributed by atoms with Crippen LogP contribution in [0.1, 0.15) is 0 Å². The van der Waals surface area contributed by atoms with Crippen molar-refractivity contribution in [1.82, 2.24) is 9.97 Å². The third-order valence-electron chi connectivity index (χ3n) is 2.13. The molecular weight excluding hydrogens is 254 g/mol. The third kappa shape index (κ3) is 3.24. The number of nitrogens with zero attached hydrogens (tertiary/aromatic N) is 2. The highest BCUT2D eigenvalue weighted by molar-refractivity contribution is 6.32. The topological polar surface area (TPSA) is 70.3 Å². The lowest BCUT2D eigenvalue weighted by molar-refractivity contribution is 0.212. The SMILES string of the molecule is Nc1c(Cl)ncnc1OCCOc1ccccc1. The van der Waals surface area contributed by atoms with E-state index in [1.807, 2.05) is 30.3 Å². The molecule has 5 nitrogen and oxygen atoms in total. The van der Waals surface area contributed by atoms with Crippen LogP contribution in [0.4, 0.5) is 5.69 Å². The van der Waals surface area contributed by atoms with Crippen molar-refractivity contribution in [3.05, 3.63) is 41.8 Å². The number of hydrogen-bond acceptors (Lipinski definition) is 5. The van der Waals surface area contributed by atoms with Crippen molar-refractivity contribution in [3.8, 4) is 11.6 Å². The van der Waals surface area contributed by atoms with Crippen LogP contribution < -0.4 is 15.2 Å². The molecule has 0 saturated heterocycles. The van der Waals surface area contributed by atoms with Gasteiger partial charge in [0.1, 0.15) is 31.0 Å². The lowest BCUT2D eigenvalue weighted by Gasteiger charge is -2.09. The van der Waals surface area contributed by atoms with Crippen molar-refractivity contribution in [3.63, 3.8) is 0 Å². The molecule has 0 aliphatic rings. The number of anilines is 1. The van der Waals surface area contributed by atoms with Gasteiger partial charge in [0.15, 0.2) is 5.15 Å². The fourth-order valence-corrected chi connectivity index (χ4v) is 1.41. The van der Waals surface area contributed by atoms with Crippen LogP contribution in [0.2, 0.25) is 5.15 Å². The Hall–Kier alpha value is -2.01. The molecule has 0 spiro atoms. The third-order valence-corrected chi connectivity index (χ3v) is 2.43. The van der Waals surface area contributed by atoms with Gasteiger partial charge in [-0.05, 0) is 12.1 Å². The van der Waals surface area contributed by atoms with E-state index in [2.05, 4.69) is 9.97 Å². The van der Waals surface area contributed by atoms with Gasteiger partial charge in [-0.2, -0.15) is 4.98 Å². The lowest BCUT2D eigenvalue weighted by atomic mass is 10.3. The Kier molecular flexibility index (Phi) is 4.20. The minimum absolute atomic E-state index is 0.184. The van der Waals surface area contributed by atoms with E-state index in [4.69, 9.17) is 26.8 Å². The molecule has 2 N–H and O–H groups in total. The molecule has 0 radical (unpaired) electrons. The first-order chi connectivity index (χ1) is 8.77. The average Bonchev–Trinajstić information content (AvgIpc) is 2.40. The Morgan fingerprint density at radius 1 is 1.06 bits per heavy atom. The van der Waals surface area contributed by atoms with Crippen molar-refractivity contribution in [1.29, 1.82) is 0 Å². The summed E-state index contributed by atoms with van der Waals surface area (Å²) in [4.78, 5) is 7.62. The number of ether oxygens (including phenoxy) is 2. The van der Waals surface area contributed by atoms with Crippen molar-refractivity contribution < 1.29 is 9.47 Å². The largest absolute Gasteiger partial charge is 0.490 e. The Morgan fingerprint density at radius 3 is 2.56 bits per heavy atom. The van der Waals surface area contributed by atoms with Gasteiger partial charge in [0.2, 0.25) is 5.88 Å². The maximum absolute atomic E-state index is 5.74. The molecule has 1 aromatic heterocycles. The van der Waals surface area contributed by atoms with Crippen LogP contribution in [0.5, 0.6) is 11.6 Å². The molecule has 0 bridgehead atoms. The van der Waals surface area contributed by atoms with Crippen molar-refractivity contribution in [2.24, 2.45) is 0 Å². The summed E-state index contributed by atoms with van der Waals surface area (Å²) < 4.78 is 10.8. The quantitative estimate of drug-likeness (QED) is 0.663. The Labute approximate surface area is 110 Å². The van der Waals surface area contributed by atoms with Gasteiger partial charge in [-0.25, -0.2) is 4.98 Å². The zero-order chi connectivity index (χ0) is 12.8. The number of aromatic nitrogens is 2. The fraction of sp³-hybridized carbons (Fsp3) is 0.167. The molecule has 18 heavy (non-hydrogen) atoms. The van der Waals surface area contributed by atoms with Crippen LogP contribution in [0, 0.1) is 0 Å². The van der Waals surface area contributed by atoms with Gasteiger partial charge in [0.05, 0.1) is 0 Å². The molecule has 6 heteroatoms. The van der Waals surface area contributed by atoms with Crippen LogP contribution in [0.15, 0.2) is 36.7 Å². The molecule has 0 fully saturated rings. The van der Waals surface area contributed by atoms with E-state index in [1.165, 1.54) is 6.33 Å². The highest BCUT2D eigenvalue weighted by Gasteiger charge is 2.06. The van der Waals surface area contributed by atoms with Gasteiger partial charge in [0.25, 0.3) is 0 Å². The predicted molar refractivity (Wildman–Crippen MR) is 68.9 cm³/mol. The van der Waals surface area contributed by atoms with Gasteiger partial charge in [-0.3, -0.25) is 0 Å². The van der Waals surface area contributed by atoms with Crippen molar-refractivity contribution in [2.75, 3.05) is 18.9 Å². The summed E-state index contributed by atoms with van der Waals surface area (Å²) in [5, 5.41) is 0.184. The number of nitrogen functional groups attached to an aromatic ring is 1. The van der Waals surface area contributed by atoms with Gasteiger partial charge in [0, 0.05) is 0 Å². The van der Waals surface area contributed by atoms with E-state index in [9.17, 15) is 0 Å². The number of hydrogen-bond donors (Lipinski definition) is 1. The highest BCUT2D eigenvalue weighted by atomic mass is 35.5. The Morgan fingerprint density at radius 2 is 1.78 bits per heavy atom. The minimum atomic E-state index is 0.184. The Balaban J connectivity index is 1.81. The summed E-state index contributed by atoms with van der Waals surface area (Å²) in [6.45, 7) is 0.720. The zero-order valence-electron chi connectivity index (χ0n) is 9.54. The number of para-hydroxylation sites is 1. The number of rotatable bonds is 5. The summed E-state index contributed by atoms with van der Waals surface area (Å²) in [7, 11) is 0. The molecule has 1 aromatic carbocycles. The van der Waals surface area contributed by atoms with Crippen LogP contribution in [-0.4, -0.2) is 23.2 Å². The second kappa shape index (κ2) is 6.07. The maximum Gasteiger partial charge on any atom is 0.242 e. The smallest absolute Gasteiger partial charge is 0.242 e. The van der Waals surface area contributed by atoms with Crippen LogP contribution in [-0.2, 0) is 0 Å². The first-order valence-corrected chi connectivity index (χ1v) is 5.72. The van der Waals surface area contributed by atoms with Gasteiger partial charge in [-0.15, -0.1) is 0 Å². The van der Waals surface area contributed by atoms with E-state index in [0.717, 1.165) is 5.75 Å². The fourth-order valence-electron chi connectivity index (χ4n) is 1.29. The monoisotopic (exact) mass is 265 g/mol. The normalized spacial score (nSPS) is 10.1. The number of benzene rings is 1. The Bertz CT molecular complexity index is 508.